The van der Waals surface area contributed by atoms with Crippen molar-refractivity contribution in [3.63, 3.8) is 0 Å². The lowest BCUT2D eigenvalue weighted by Gasteiger charge is -2.29. The average molecular weight is 208 g/mol. The first kappa shape index (κ1) is 9.40. The molecule has 1 aromatic rings. The first-order chi connectivity index (χ1) is 6.83. The van der Waals surface area contributed by atoms with Gasteiger partial charge in [0, 0.05) is 12.3 Å². The zero-order valence-electron chi connectivity index (χ0n) is 7.73. The normalized spacial score (nSPS) is 14.9. The molecule has 74 valence electrons. The zero-order chi connectivity index (χ0) is 9.97. The van der Waals surface area contributed by atoms with Gasteiger partial charge in [-0.3, -0.25) is 4.79 Å². The highest BCUT2D eigenvalue weighted by Gasteiger charge is 2.22. The van der Waals surface area contributed by atoms with Gasteiger partial charge >= 0.3 is 0 Å². The van der Waals surface area contributed by atoms with Gasteiger partial charge in [0.2, 0.25) is 5.91 Å². The summed E-state index contributed by atoms with van der Waals surface area (Å²) < 4.78 is 0. The van der Waals surface area contributed by atoms with E-state index in [4.69, 9.17) is 0 Å². The maximum absolute atomic E-state index is 11.6. The molecule has 0 bridgehead atoms. The Morgan fingerprint density at radius 3 is 3.00 bits per heavy atom. The maximum atomic E-state index is 11.6. The summed E-state index contributed by atoms with van der Waals surface area (Å²) in [5.74, 6) is 0.790. The van der Waals surface area contributed by atoms with Gasteiger partial charge in [-0.2, -0.15) is 12.6 Å². The summed E-state index contributed by atoms with van der Waals surface area (Å²) >= 11 is 4.15. The van der Waals surface area contributed by atoms with Gasteiger partial charge in [-0.05, 0) is 12.1 Å². The van der Waals surface area contributed by atoms with Gasteiger partial charge in [-0.25, -0.2) is 0 Å². The van der Waals surface area contributed by atoms with Crippen LogP contribution in [-0.4, -0.2) is 24.7 Å². The predicted octanol–water partition coefficient (Wildman–Crippen LogP) is 1.37. The lowest BCUT2D eigenvalue weighted by molar-refractivity contribution is -0.117. The maximum Gasteiger partial charge on any atom is 0.246 e. The first-order valence-electron chi connectivity index (χ1n) is 4.57. The van der Waals surface area contributed by atoms with Crippen molar-refractivity contribution in [3.8, 4) is 0 Å². The molecule has 0 fully saturated rings. The van der Waals surface area contributed by atoms with Crippen LogP contribution in [0.3, 0.4) is 0 Å². The van der Waals surface area contributed by atoms with E-state index < -0.39 is 0 Å². The summed E-state index contributed by atoms with van der Waals surface area (Å²) in [5.41, 5.74) is 1.98. The van der Waals surface area contributed by atoms with Gasteiger partial charge in [0.1, 0.15) is 0 Å². The van der Waals surface area contributed by atoms with Crippen molar-refractivity contribution in [2.24, 2.45) is 0 Å². The molecule has 2 rings (SSSR count). The molecule has 0 aromatic heterocycles. The van der Waals surface area contributed by atoms with Crippen LogP contribution in [0.15, 0.2) is 24.3 Å². The number of hydrogen-bond acceptors (Lipinski definition) is 3. The van der Waals surface area contributed by atoms with Crippen molar-refractivity contribution < 1.29 is 4.79 Å². The Morgan fingerprint density at radius 2 is 2.21 bits per heavy atom. The van der Waals surface area contributed by atoms with Crippen LogP contribution >= 0.6 is 12.6 Å². The summed E-state index contributed by atoms with van der Waals surface area (Å²) in [7, 11) is 0. The van der Waals surface area contributed by atoms with Gasteiger partial charge in [0.15, 0.2) is 0 Å². The standard InChI is InChI=1S/C10H12N2OS/c13-10-7-11-8-3-1-2-4-9(8)12(10)5-6-14/h1-4,11,14H,5-7H2. The summed E-state index contributed by atoms with van der Waals surface area (Å²) in [4.78, 5) is 13.4. The van der Waals surface area contributed by atoms with Gasteiger partial charge in [-0.15, -0.1) is 0 Å². The smallest absolute Gasteiger partial charge is 0.246 e. The van der Waals surface area contributed by atoms with E-state index in [0.29, 0.717) is 18.8 Å². The van der Waals surface area contributed by atoms with Gasteiger partial charge in [-0.1, -0.05) is 12.1 Å². The molecule has 1 N–H and O–H groups in total. The molecule has 0 spiro atoms. The molecule has 0 saturated carbocycles. The summed E-state index contributed by atoms with van der Waals surface area (Å²) in [6.45, 7) is 1.05. The number of amides is 1. The van der Waals surface area contributed by atoms with Crippen LogP contribution in [0.2, 0.25) is 0 Å². The van der Waals surface area contributed by atoms with Crippen molar-refractivity contribution in [1.29, 1.82) is 0 Å². The molecule has 4 heteroatoms. The van der Waals surface area contributed by atoms with Gasteiger partial charge in [0.25, 0.3) is 0 Å². The highest BCUT2D eigenvalue weighted by molar-refractivity contribution is 7.80. The number of benzene rings is 1. The number of rotatable bonds is 2. The number of carbonyl (C=O) groups is 1. The third kappa shape index (κ3) is 1.57. The van der Waals surface area contributed by atoms with E-state index in [2.05, 4.69) is 17.9 Å². The van der Waals surface area contributed by atoms with Crippen molar-refractivity contribution in [2.75, 3.05) is 29.1 Å². The van der Waals surface area contributed by atoms with Crippen molar-refractivity contribution >= 4 is 29.9 Å². The summed E-state index contributed by atoms with van der Waals surface area (Å²) in [5, 5.41) is 3.08. The highest BCUT2D eigenvalue weighted by atomic mass is 32.1. The molecule has 1 aliphatic heterocycles. The predicted molar refractivity (Wildman–Crippen MR) is 61.1 cm³/mol. The Balaban J connectivity index is 2.36. The zero-order valence-corrected chi connectivity index (χ0v) is 8.63. The molecule has 0 unspecified atom stereocenters. The molecule has 14 heavy (non-hydrogen) atoms. The molecule has 1 amide bonds. The number of nitrogens with one attached hydrogen (secondary N) is 1. The minimum atomic E-state index is 0.109. The van der Waals surface area contributed by atoms with Crippen LogP contribution in [0.4, 0.5) is 11.4 Å². The molecule has 1 aromatic carbocycles. The van der Waals surface area contributed by atoms with Gasteiger partial charge < -0.3 is 10.2 Å². The number of para-hydroxylation sites is 2. The number of fused-ring (bicyclic) bond motifs is 1. The molecule has 0 radical (unpaired) electrons. The SMILES string of the molecule is O=C1CNc2ccccc2N1CCS. The molecule has 1 heterocycles. The number of carbonyl (C=O) groups excluding carboxylic acids is 1. The topological polar surface area (TPSA) is 32.3 Å². The molecular weight excluding hydrogens is 196 g/mol. The van der Waals surface area contributed by atoms with Crippen LogP contribution in [0.1, 0.15) is 0 Å². The fourth-order valence-corrected chi connectivity index (χ4v) is 1.80. The van der Waals surface area contributed by atoms with Crippen molar-refractivity contribution in [2.45, 2.75) is 0 Å². The molecule has 0 atom stereocenters. The van der Waals surface area contributed by atoms with E-state index in [1.54, 1.807) is 4.90 Å². The molecule has 1 aliphatic rings. The van der Waals surface area contributed by atoms with E-state index in [1.807, 2.05) is 24.3 Å². The molecule has 0 aliphatic carbocycles. The number of nitrogens with zero attached hydrogens (tertiary/aromatic N) is 1. The van der Waals surface area contributed by atoms with E-state index in [9.17, 15) is 4.79 Å². The third-order valence-corrected chi connectivity index (χ3v) is 2.45. The lowest BCUT2D eigenvalue weighted by Crippen LogP contribution is -2.40. The largest absolute Gasteiger partial charge is 0.374 e. The Bertz CT molecular complexity index is 354. The Kier molecular flexibility index (Phi) is 2.63. The molecular formula is C10H12N2OS. The van der Waals surface area contributed by atoms with Crippen LogP contribution in [-0.2, 0) is 4.79 Å². The second kappa shape index (κ2) is 3.92. The Morgan fingerprint density at radius 1 is 1.43 bits per heavy atom. The number of anilines is 2. The molecule has 3 nitrogen and oxygen atoms in total. The van der Waals surface area contributed by atoms with Crippen LogP contribution < -0.4 is 10.2 Å². The summed E-state index contributed by atoms with van der Waals surface area (Å²) in [6.07, 6.45) is 0. The highest BCUT2D eigenvalue weighted by Crippen LogP contribution is 2.28. The lowest BCUT2D eigenvalue weighted by atomic mass is 10.2. The summed E-state index contributed by atoms with van der Waals surface area (Å²) in [6, 6.07) is 7.82. The van der Waals surface area contributed by atoms with Crippen LogP contribution in [0.5, 0.6) is 0 Å². The number of hydrogen-bond donors (Lipinski definition) is 2. The third-order valence-electron chi connectivity index (χ3n) is 2.25. The fourth-order valence-electron chi connectivity index (χ4n) is 1.60. The number of thiol groups is 1. The fraction of sp³-hybridized carbons (Fsp3) is 0.300. The second-order valence-corrected chi connectivity index (χ2v) is 3.59. The van der Waals surface area contributed by atoms with E-state index in [-0.39, 0.29) is 5.91 Å². The van der Waals surface area contributed by atoms with Gasteiger partial charge in [0.05, 0.1) is 17.9 Å². The van der Waals surface area contributed by atoms with Crippen LogP contribution in [0, 0.1) is 0 Å². The minimum absolute atomic E-state index is 0.109. The molecule has 0 saturated heterocycles. The quantitative estimate of drug-likeness (QED) is 0.720. The minimum Gasteiger partial charge on any atom is -0.374 e. The first-order valence-corrected chi connectivity index (χ1v) is 5.20. The van der Waals surface area contributed by atoms with E-state index in [0.717, 1.165) is 11.4 Å². The van der Waals surface area contributed by atoms with E-state index >= 15 is 0 Å². The Hall–Kier alpha value is -1.16. The van der Waals surface area contributed by atoms with Crippen molar-refractivity contribution in [3.05, 3.63) is 24.3 Å². The Labute approximate surface area is 88.5 Å². The van der Waals surface area contributed by atoms with Crippen LogP contribution in [0.25, 0.3) is 0 Å². The second-order valence-electron chi connectivity index (χ2n) is 3.14. The van der Waals surface area contributed by atoms with E-state index in [1.165, 1.54) is 0 Å². The average Bonchev–Trinajstić information content (AvgIpc) is 2.23. The van der Waals surface area contributed by atoms with Crippen molar-refractivity contribution in [1.82, 2.24) is 0 Å². The monoisotopic (exact) mass is 208 g/mol.